The maximum atomic E-state index is 14.0. The lowest BCUT2D eigenvalue weighted by atomic mass is 9.88. The molecule has 1 unspecified atom stereocenters. The Balaban J connectivity index is 1.87. The summed E-state index contributed by atoms with van der Waals surface area (Å²) in [6, 6.07) is 12.4. The van der Waals surface area contributed by atoms with Crippen LogP contribution in [0.25, 0.3) is 0 Å². The highest BCUT2D eigenvalue weighted by atomic mass is 19.1. The van der Waals surface area contributed by atoms with Gasteiger partial charge in [-0.3, -0.25) is 9.59 Å². The van der Waals surface area contributed by atoms with Gasteiger partial charge in [0.2, 0.25) is 12.0 Å². The van der Waals surface area contributed by atoms with Crippen LogP contribution in [0.3, 0.4) is 0 Å². The lowest BCUT2D eigenvalue weighted by Crippen LogP contribution is -2.39. The Hall–Kier alpha value is -3.22. The van der Waals surface area contributed by atoms with Crippen LogP contribution in [0.1, 0.15) is 48.7 Å². The number of ketones is 1. The van der Waals surface area contributed by atoms with Crippen molar-refractivity contribution in [1.29, 1.82) is 0 Å². The van der Waals surface area contributed by atoms with Gasteiger partial charge < -0.3 is 14.4 Å². The summed E-state index contributed by atoms with van der Waals surface area (Å²) in [6.45, 7) is 4.35. The predicted molar refractivity (Wildman–Crippen MR) is 112 cm³/mol. The molecule has 0 saturated carbocycles. The third kappa shape index (κ3) is 5.48. The minimum absolute atomic E-state index is 0.000837. The van der Waals surface area contributed by atoms with E-state index in [1.807, 2.05) is 0 Å². The quantitative estimate of drug-likeness (QED) is 0.494. The molecule has 7 heteroatoms. The number of hydrogen-bond acceptors (Lipinski definition) is 5. The second-order valence-corrected chi connectivity index (χ2v) is 7.45. The van der Waals surface area contributed by atoms with E-state index in [0.29, 0.717) is 31.5 Å². The summed E-state index contributed by atoms with van der Waals surface area (Å²) in [5.41, 5.74) is 0.756. The number of Topliss-reactive ketones (excluding diaryl/α,β-unsaturated/α-hetero) is 1. The van der Waals surface area contributed by atoms with E-state index in [-0.39, 0.29) is 35.5 Å². The molecule has 1 fully saturated rings. The van der Waals surface area contributed by atoms with Crippen molar-refractivity contribution in [3.8, 4) is 5.75 Å². The molecule has 1 aliphatic heterocycles. The average molecular weight is 427 g/mol. The highest BCUT2D eigenvalue weighted by molar-refractivity contribution is 6.00. The van der Waals surface area contributed by atoms with Crippen molar-refractivity contribution < 1.29 is 28.2 Å². The second-order valence-electron chi connectivity index (χ2n) is 7.45. The molecule has 0 aromatic heterocycles. The third-order valence-corrected chi connectivity index (χ3v) is 5.37. The molecule has 1 saturated heterocycles. The van der Waals surface area contributed by atoms with Crippen LogP contribution in [0.4, 0.5) is 4.39 Å². The number of nitrogens with zero attached hydrogens (tertiary/aromatic N) is 1. The number of ether oxygens (including phenoxy) is 2. The fourth-order valence-corrected chi connectivity index (χ4v) is 3.70. The normalized spacial score (nSPS) is 15.3. The highest BCUT2D eigenvalue weighted by Crippen LogP contribution is 2.31. The van der Waals surface area contributed by atoms with Crippen molar-refractivity contribution in [2.45, 2.75) is 32.8 Å². The first-order valence-corrected chi connectivity index (χ1v) is 10.4. The van der Waals surface area contributed by atoms with Crippen molar-refractivity contribution >= 4 is 17.7 Å². The molecule has 31 heavy (non-hydrogen) atoms. The molecule has 0 bridgehead atoms. The van der Waals surface area contributed by atoms with E-state index >= 15 is 0 Å². The summed E-state index contributed by atoms with van der Waals surface area (Å²) < 4.78 is 25.1. The molecule has 1 heterocycles. The summed E-state index contributed by atoms with van der Waals surface area (Å²) in [7, 11) is 0. The zero-order valence-electron chi connectivity index (χ0n) is 17.7. The van der Waals surface area contributed by atoms with Crippen LogP contribution in [-0.2, 0) is 14.3 Å². The summed E-state index contributed by atoms with van der Waals surface area (Å²) in [5, 5.41) is 0. The van der Waals surface area contributed by atoms with Crippen LogP contribution in [0.5, 0.6) is 5.75 Å². The molecule has 2 aromatic carbocycles. The van der Waals surface area contributed by atoms with Gasteiger partial charge in [0, 0.05) is 37.6 Å². The van der Waals surface area contributed by atoms with E-state index in [1.54, 1.807) is 42.2 Å². The smallest absolute Gasteiger partial charge is 0.352 e. The minimum Gasteiger partial charge on any atom is -0.473 e. The summed E-state index contributed by atoms with van der Waals surface area (Å²) in [4.78, 5) is 39.0. The summed E-state index contributed by atoms with van der Waals surface area (Å²) in [5.74, 6) is -1.70. The maximum absolute atomic E-state index is 14.0. The maximum Gasteiger partial charge on any atom is 0.352 e. The van der Waals surface area contributed by atoms with E-state index in [4.69, 9.17) is 9.47 Å². The van der Waals surface area contributed by atoms with Gasteiger partial charge in [0.1, 0.15) is 11.6 Å². The molecule has 1 amide bonds. The molecule has 0 radical (unpaired) electrons. The first-order chi connectivity index (χ1) is 14.9. The van der Waals surface area contributed by atoms with Crippen molar-refractivity contribution in [3.63, 3.8) is 0 Å². The summed E-state index contributed by atoms with van der Waals surface area (Å²) >= 11 is 0. The number of carbonyl (C=O) groups excluding carboxylic acids is 3. The standard InChI is InChI=1S/C24H26FNO5/c1-3-30-24(29)23(18-7-5-4-6-8-18)31-21-15-19(25)9-10-20(21)22(28)17-11-13-26(14-12-17)16(2)27/h4-10,15,17,23H,3,11-14H2,1-2H3. The molecular formula is C24H26FNO5. The number of amides is 1. The Kier molecular flexibility index (Phi) is 7.39. The first kappa shape index (κ1) is 22.5. The fraction of sp³-hybridized carbons (Fsp3) is 0.375. The molecule has 0 N–H and O–H groups in total. The molecule has 0 aliphatic carbocycles. The third-order valence-electron chi connectivity index (χ3n) is 5.37. The van der Waals surface area contributed by atoms with Gasteiger partial charge in [-0.25, -0.2) is 9.18 Å². The Labute approximate surface area is 180 Å². The van der Waals surface area contributed by atoms with Crippen LogP contribution >= 0.6 is 0 Å². The van der Waals surface area contributed by atoms with Gasteiger partial charge in [-0.2, -0.15) is 0 Å². The topological polar surface area (TPSA) is 72.9 Å². The van der Waals surface area contributed by atoms with Gasteiger partial charge in [-0.1, -0.05) is 30.3 Å². The van der Waals surface area contributed by atoms with E-state index in [0.717, 1.165) is 6.07 Å². The number of likely N-dealkylation sites (tertiary alicyclic amines) is 1. The van der Waals surface area contributed by atoms with Gasteiger partial charge in [-0.05, 0) is 31.9 Å². The molecular weight excluding hydrogens is 401 g/mol. The minimum atomic E-state index is -1.13. The largest absolute Gasteiger partial charge is 0.473 e. The molecule has 0 spiro atoms. The number of benzene rings is 2. The Morgan fingerprint density at radius 2 is 1.77 bits per heavy atom. The monoisotopic (exact) mass is 427 g/mol. The predicted octanol–water partition coefficient (Wildman–Crippen LogP) is 3.95. The summed E-state index contributed by atoms with van der Waals surface area (Å²) in [6.07, 6.45) is -0.0844. The number of halogens is 1. The van der Waals surface area contributed by atoms with Crippen LogP contribution in [0.15, 0.2) is 48.5 Å². The Morgan fingerprint density at radius 3 is 2.39 bits per heavy atom. The van der Waals surface area contributed by atoms with E-state index in [1.165, 1.54) is 19.1 Å². The number of piperidine rings is 1. The van der Waals surface area contributed by atoms with Crippen LogP contribution in [0.2, 0.25) is 0 Å². The van der Waals surface area contributed by atoms with Crippen molar-refractivity contribution in [3.05, 3.63) is 65.5 Å². The SMILES string of the molecule is CCOC(=O)C(Oc1cc(F)ccc1C(=O)C1CCN(C(C)=O)CC1)c1ccccc1. The highest BCUT2D eigenvalue weighted by Gasteiger charge is 2.31. The van der Waals surface area contributed by atoms with Crippen molar-refractivity contribution in [2.75, 3.05) is 19.7 Å². The van der Waals surface area contributed by atoms with Crippen LogP contribution < -0.4 is 4.74 Å². The lowest BCUT2D eigenvalue weighted by Gasteiger charge is -2.31. The zero-order valence-corrected chi connectivity index (χ0v) is 17.7. The Bertz CT molecular complexity index is 938. The van der Waals surface area contributed by atoms with E-state index < -0.39 is 17.9 Å². The molecule has 164 valence electrons. The second kappa shape index (κ2) is 10.2. The molecule has 1 aliphatic rings. The fourth-order valence-electron chi connectivity index (χ4n) is 3.70. The van der Waals surface area contributed by atoms with Gasteiger partial charge >= 0.3 is 5.97 Å². The lowest BCUT2D eigenvalue weighted by molar-refractivity contribution is -0.151. The average Bonchev–Trinajstić information content (AvgIpc) is 2.78. The number of rotatable bonds is 7. The van der Waals surface area contributed by atoms with Crippen molar-refractivity contribution in [2.24, 2.45) is 5.92 Å². The number of carbonyl (C=O) groups is 3. The Morgan fingerprint density at radius 1 is 1.10 bits per heavy atom. The van der Waals surface area contributed by atoms with Crippen molar-refractivity contribution in [1.82, 2.24) is 4.90 Å². The van der Waals surface area contributed by atoms with Crippen LogP contribution in [-0.4, -0.2) is 42.3 Å². The molecule has 2 aromatic rings. The van der Waals surface area contributed by atoms with Gasteiger partial charge in [0.15, 0.2) is 5.78 Å². The number of hydrogen-bond donors (Lipinski definition) is 0. The zero-order chi connectivity index (χ0) is 22.4. The van der Waals surface area contributed by atoms with Crippen LogP contribution in [0, 0.1) is 11.7 Å². The first-order valence-electron chi connectivity index (χ1n) is 10.4. The molecule has 3 rings (SSSR count). The van der Waals surface area contributed by atoms with Gasteiger partial charge in [-0.15, -0.1) is 0 Å². The molecule has 6 nitrogen and oxygen atoms in total. The van der Waals surface area contributed by atoms with E-state index in [2.05, 4.69) is 0 Å². The molecule has 1 atom stereocenters. The van der Waals surface area contributed by atoms with Gasteiger partial charge in [0.25, 0.3) is 0 Å². The number of esters is 1. The van der Waals surface area contributed by atoms with Gasteiger partial charge in [0.05, 0.1) is 12.2 Å². The van der Waals surface area contributed by atoms with E-state index in [9.17, 15) is 18.8 Å².